The molecule has 0 saturated carbocycles. The molecule has 1 aliphatic heterocycles. The number of halogens is 2. The highest BCUT2D eigenvalue weighted by atomic mass is 19.1. The molecule has 0 atom stereocenters. The zero-order valence-corrected chi connectivity index (χ0v) is 12.8. The van der Waals surface area contributed by atoms with Crippen molar-refractivity contribution in [1.82, 2.24) is 0 Å². The summed E-state index contributed by atoms with van der Waals surface area (Å²) in [6.07, 6.45) is -0.615. The van der Waals surface area contributed by atoms with Crippen molar-refractivity contribution in [2.24, 2.45) is 0 Å². The summed E-state index contributed by atoms with van der Waals surface area (Å²) in [4.78, 5) is 0. The number of rotatable bonds is 4. The average Bonchev–Trinajstić information content (AvgIpc) is 2.55. The van der Waals surface area contributed by atoms with Gasteiger partial charge < -0.3 is 14.2 Å². The minimum atomic E-state index is -0.674. The van der Waals surface area contributed by atoms with E-state index in [-0.39, 0.29) is 31.5 Å². The fraction of sp³-hybridized carbons (Fsp3) is 0.333. The van der Waals surface area contributed by atoms with Crippen molar-refractivity contribution in [2.75, 3.05) is 13.2 Å². The first kappa shape index (κ1) is 16.1. The summed E-state index contributed by atoms with van der Waals surface area (Å²) >= 11 is 0. The lowest BCUT2D eigenvalue weighted by Gasteiger charge is -2.37. The van der Waals surface area contributed by atoms with Gasteiger partial charge in [-0.25, -0.2) is 8.78 Å². The summed E-state index contributed by atoms with van der Waals surface area (Å²) in [6.45, 7) is 2.54. The molecule has 0 aromatic heterocycles. The fourth-order valence-electron chi connectivity index (χ4n) is 2.39. The first-order chi connectivity index (χ1) is 11.1. The molecule has 0 bridgehead atoms. The summed E-state index contributed by atoms with van der Waals surface area (Å²) in [6, 6.07) is 12.6. The second-order valence-electron chi connectivity index (χ2n) is 5.84. The SMILES string of the molecule is C[C@]1(OCc2ccccc2F)CO[C@@H](c2cccc(F)c2)OC1. The topological polar surface area (TPSA) is 27.7 Å². The van der Waals surface area contributed by atoms with Gasteiger partial charge in [-0.15, -0.1) is 0 Å². The van der Waals surface area contributed by atoms with Crippen LogP contribution in [0.3, 0.4) is 0 Å². The molecular formula is C18H18F2O3. The van der Waals surface area contributed by atoms with E-state index in [0.717, 1.165) is 0 Å². The van der Waals surface area contributed by atoms with E-state index in [1.54, 1.807) is 30.3 Å². The molecule has 5 heteroatoms. The van der Waals surface area contributed by atoms with Gasteiger partial charge in [-0.05, 0) is 25.1 Å². The Labute approximate surface area is 133 Å². The van der Waals surface area contributed by atoms with E-state index >= 15 is 0 Å². The van der Waals surface area contributed by atoms with Crippen LogP contribution in [0.25, 0.3) is 0 Å². The Morgan fingerprint density at radius 1 is 1.09 bits per heavy atom. The van der Waals surface area contributed by atoms with Gasteiger partial charge >= 0.3 is 0 Å². The van der Waals surface area contributed by atoms with Crippen molar-refractivity contribution < 1.29 is 23.0 Å². The second kappa shape index (κ2) is 6.74. The highest BCUT2D eigenvalue weighted by Gasteiger charge is 2.34. The van der Waals surface area contributed by atoms with Gasteiger partial charge in [-0.1, -0.05) is 30.3 Å². The number of hydrogen-bond donors (Lipinski definition) is 0. The molecule has 122 valence electrons. The van der Waals surface area contributed by atoms with E-state index in [2.05, 4.69) is 0 Å². The van der Waals surface area contributed by atoms with Gasteiger partial charge in [0.05, 0.1) is 19.8 Å². The molecule has 1 fully saturated rings. The van der Waals surface area contributed by atoms with Crippen LogP contribution in [0.15, 0.2) is 48.5 Å². The molecule has 3 rings (SSSR count). The van der Waals surface area contributed by atoms with Gasteiger partial charge in [-0.3, -0.25) is 0 Å². The molecule has 3 nitrogen and oxygen atoms in total. The van der Waals surface area contributed by atoms with Gasteiger partial charge in [0, 0.05) is 11.1 Å². The minimum Gasteiger partial charge on any atom is -0.366 e. The zero-order chi connectivity index (χ0) is 16.3. The Kier molecular flexibility index (Phi) is 4.71. The second-order valence-corrected chi connectivity index (χ2v) is 5.84. The number of hydrogen-bond acceptors (Lipinski definition) is 3. The Balaban J connectivity index is 1.58. The van der Waals surface area contributed by atoms with Crippen LogP contribution in [0.5, 0.6) is 0 Å². The van der Waals surface area contributed by atoms with Crippen LogP contribution in [-0.2, 0) is 20.8 Å². The first-order valence-corrected chi connectivity index (χ1v) is 7.42. The number of ether oxygens (including phenoxy) is 3. The quantitative estimate of drug-likeness (QED) is 0.852. The van der Waals surface area contributed by atoms with Gasteiger partial charge in [0.15, 0.2) is 6.29 Å². The van der Waals surface area contributed by atoms with Gasteiger partial charge in [0.1, 0.15) is 17.2 Å². The molecule has 0 unspecified atom stereocenters. The molecule has 2 aromatic carbocycles. The highest BCUT2D eigenvalue weighted by Crippen LogP contribution is 2.29. The Bertz CT molecular complexity index is 667. The Morgan fingerprint density at radius 3 is 2.52 bits per heavy atom. The summed E-state index contributed by atoms with van der Waals surface area (Å²) < 4.78 is 43.9. The first-order valence-electron chi connectivity index (χ1n) is 7.42. The Hall–Kier alpha value is -1.82. The van der Waals surface area contributed by atoms with Crippen LogP contribution in [0, 0.1) is 11.6 Å². The van der Waals surface area contributed by atoms with Crippen molar-refractivity contribution >= 4 is 0 Å². The van der Waals surface area contributed by atoms with Crippen molar-refractivity contribution in [3.05, 3.63) is 71.3 Å². The molecule has 2 aromatic rings. The monoisotopic (exact) mass is 320 g/mol. The van der Waals surface area contributed by atoms with E-state index in [4.69, 9.17) is 14.2 Å². The van der Waals surface area contributed by atoms with Crippen LogP contribution >= 0.6 is 0 Å². The van der Waals surface area contributed by atoms with Crippen LogP contribution in [0.1, 0.15) is 24.3 Å². The maximum absolute atomic E-state index is 13.6. The Morgan fingerprint density at radius 2 is 1.83 bits per heavy atom. The molecule has 1 aliphatic rings. The maximum Gasteiger partial charge on any atom is 0.184 e. The lowest BCUT2D eigenvalue weighted by atomic mass is 10.1. The van der Waals surface area contributed by atoms with Crippen molar-refractivity contribution in [1.29, 1.82) is 0 Å². The van der Waals surface area contributed by atoms with Crippen LogP contribution in [-0.4, -0.2) is 18.8 Å². The highest BCUT2D eigenvalue weighted by molar-refractivity contribution is 5.18. The average molecular weight is 320 g/mol. The van der Waals surface area contributed by atoms with Crippen molar-refractivity contribution in [2.45, 2.75) is 25.4 Å². The molecule has 0 spiro atoms. The van der Waals surface area contributed by atoms with Crippen LogP contribution in [0.4, 0.5) is 8.78 Å². The third kappa shape index (κ3) is 3.93. The third-order valence-corrected chi connectivity index (χ3v) is 3.73. The molecule has 0 aliphatic carbocycles. The van der Waals surface area contributed by atoms with Crippen LogP contribution in [0.2, 0.25) is 0 Å². The van der Waals surface area contributed by atoms with E-state index < -0.39 is 11.9 Å². The van der Waals surface area contributed by atoms with Crippen LogP contribution < -0.4 is 0 Å². The predicted octanol–water partition coefficient (Wildman–Crippen LogP) is 3.99. The minimum absolute atomic E-state index is 0.139. The molecular weight excluding hydrogens is 302 g/mol. The predicted molar refractivity (Wildman–Crippen MR) is 80.6 cm³/mol. The summed E-state index contributed by atoms with van der Waals surface area (Å²) in [7, 11) is 0. The summed E-state index contributed by atoms with van der Waals surface area (Å²) in [5.41, 5.74) is 0.439. The van der Waals surface area contributed by atoms with Gasteiger partial charge in [0.2, 0.25) is 0 Å². The normalized spacial score (nSPS) is 24.6. The van der Waals surface area contributed by atoms with E-state index in [0.29, 0.717) is 11.1 Å². The summed E-state index contributed by atoms with van der Waals surface area (Å²) in [5.74, 6) is -0.634. The van der Waals surface area contributed by atoms with Crippen molar-refractivity contribution in [3.63, 3.8) is 0 Å². The van der Waals surface area contributed by atoms with E-state index in [9.17, 15) is 8.78 Å². The molecule has 23 heavy (non-hydrogen) atoms. The lowest BCUT2D eigenvalue weighted by Crippen LogP contribution is -2.44. The zero-order valence-electron chi connectivity index (χ0n) is 12.8. The van der Waals surface area contributed by atoms with Gasteiger partial charge in [-0.2, -0.15) is 0 Å². The van der Waals surface area contributed by atoms with E-state index in [1.165, 1.54) is 18.2 Å². The number of benzene rings is 2. The lowest BCUT2D eigenvalue weighted by molar-refractivity contribution is -0.267. The molecule has 1 heterocycles. The molecule has 0 amide bonds. The van der Waals surface area contributed by atoms with Crippen molar-refractivity contribution in [3.8, 4) is 0 Å². The molecule has 0 N–H and O–H groups in total. The van der Waals surface area contributed by atoms with E-state index in [1.807, 2.05) is 6.92 Å². The summed E-state index contributed by atoms with van der Waals surface area (Å²) in [5, 5.41) is 0. The third-order valence-electron chi connectivity index (χ3n) is 3.73. The fourth-order valence-corrected chi connectivity index (χ4v) is 2.39. The standard InChI is InChI=1S/C18H18F2O3/c1-18(23-10-14-5-2-3-8-16(14)20)11-21-17(22-12-18)13-6-4-7-15(19)9-13/h2-9,17H,10-12H2,1H3/t17-,18+. The smallest absolute Gasteiger partial charge is 0.184 e. The van der Waals surface area contributed by atoms with Gasteiger partial charge in [0.25, 0.3) is 0 Å². The maximum atomic E-state index is 13.6. The molecule has 0 radical (unpaired) electrons. The molecule has 1 saturated heterocycles. The largest absolute Gasteiger partial charge is 0.366 e.